The van der Waals surface area contributed by atoms with Crippen LogP contribution in [0.1, 0.15) is 23.7 Å². The summed E-state index contributed by atoms with van der Waals surface area (Å²) < 4.78 is 1.99. The third-order valence-corrected chi connectivity index (χ3v) is 5.80. The first-order valence-electron chi connectivity index (χ1n) is 7.68. The maximum absolute atomic E-state index is 4.74. The number of benzene rings is 2. The van der Waals surface area contributed by atoms with E-state index in [1.165, 1.54) is 16.3 Å². The fourth-order valence-electron chi connectivity index (χ4n) is 3.18. The van der Waals surface area contributed by atoms with Crippen LogP contribution in [-0.4, -0.2) is 20.3 Å². The molecule has 0 radical (unpaired) electrons. The maximum atomic E-state index is 4.74. The Balaban J connectivity index is 0.00000157. The lowest BCUT2D eigenvalue weighted by atomic mass is 10.0. The fraction of sp³-hybridized carbons (Fsp3) is 0.176. The van der Waals surface area contributed by atoms with Gasteiger partial charge in [-0.1, -0.05) is 52.2 Å². The number of amidine groups is 1. The SMILES string of the molecule is CC1=NN2C(=Nc3sc(C)n[n+]3C2c2cccc3ccccc23)S1.[Br-]. The van der Waals surface area contributed by atoms with Crippen molar-refractivity contribution < 1.29 is 21.7 Å². The normalized spacial score (nSPS) is 18.3. The third kappa shape index (κ3) is 2.59. The first-order valence-corrected chi connectivity index (χ1v) is 9.32. The van der Waals surface area contributed by atoms with Crippen molar-refractivity contribution in [1.29, 1.82) is 0 Å². The van der Waals surface area contributed by atoms with Gasteiger partial charge in [0.2, 0.25) is 6.17 Å². The molecule has 0 aliphatic carbocycles. The predicted octanol–water partition coefficient (Wildman–Crippen LogP) is 0.826. The van der Waals surface area contributed by atoms with E-state index in [1.807, 2.05) is 23.5 Å². The molecule has 8 heteroatoms. The molecule has 0 spiro atoms. The van der Waals surface area contributed by atoms with Gasteiger partial charge in [-0.3, -0.25) is 0 Å². The van der Waals surface area contributed by atoms with Crippen molar-refractivity contribution >= 4 is 49.2 Å². The number of aliphatic imine (C=N–C) groups is 1. The van der Waals surface area contributed by atoms with Crippen LogP contribution in [-0.2, 0) is 0 Å². The highest BCUT2D eigenvalue weighted by molar-refractivity contribution is 8.26. The average Bonchev–Trinajstić information content (AvgIpc) is 3.12. The van der Waals surface area contributed by atoms with Gasteiger partial charge < -0.3 is 17.0 Å². The number of aromatic nitrogens is 2. The highest BCUT2D eigenvalue weighted by atomic mass is 79.9. The van der Waals surface area contributed by atoms with E-state index in [0.29, 0.717) is 0 Å². The minimum atomic E-state index is -0.103. The molecule has 2 aliphatic rings. The van der Waals surface area contributed by atoms with E-state index in [2.05, 4.69) is 42.5 Å². The van der Waals surface area contributed by atoms with Crippen molar-refractivity contribution in [2.45, 2.75) is 20.0 Å². The molecule has 0 amide bonds. The summed E-state index contributed by atoms with van der Waals surface area (Å²) in [6.45, 7) is 4.03. The van der Waals surface area contributed by atoms with Gasteiger partial charge in [0.15, 0.2) is 0 Å². The number of aryl methyl sites for hydroxylation is 1. The standard InChI is InChI=1S/C17H14N5S2.BrH/c1-10-19-21-15(14-9-5-7-12-6-3-4-8-13(12)14)22-17(18-16(21)23-10)24-11(2)20-22;/h3-9,15H,1-2H3;1H/q+1;/p-1. The van der Waals surface area contributed by atoms with Crippen molar-refractivity contribution in [3.05, 3.63) is 53.0 Å². The Morgan fingerprint density at radius 2 is 1.88 bits per heavy atom. The van der Waals surface area contributed by atoms with Crippen molar-refractivity contribution in [3.63, 3.8) is 0 Å². The second-order valence-electron chi connectivity index (χ2n) is 5.75. The molecule has 0 saturated carbocycles. The molecule has 1 unspecified atom stereocenters. The molecule has 0 fully saturated rings. The molecule has 0 saturated heterocycles. The lowest BCUT2D eigenvalue weighted by Crippen LogP contribution is -3.00. The Bertz CT molecular complexity index is 1040. The van der Waals surface area contributed by atoms with Crippen molar-refractivity contribution in [2.75, 3.05) is 0 Å². The molecule has 3 aromatic rings. The third-order valence-electron chi connectivity index (χ3n) is 4.12. The zero-order chi connectivity index (χ0) is 16.3. The first-order chi connectivity index (χ1) is 11.7. The number of hydrogen-bond donors (Lipinski definition) is 0. The second-order valence-corrected chi connectivity index (χ2v) is 8.07. The highest BCUT2D eigenvalue weighted by Gasteiger charge is 2.45. The monoisotopic (exact) mass is 431 g/mol. The van der Waals surface area contributed by atoms with Gasteiger partial charge in [-0.15, -0.1) is 0 Å². The molecule has 5 rings (SSSR count). The minimum absolute atomic E-state index is 0. The Morgan fingerprint density at radius 1 is 1.08 bits per heavy atom. The van der Waals surface area contributed by atoms with Gasteiger partial charge in [-0.05, 0) is 47.7 Å². The molecule has 25 heavy (non-hydrogen) atoms. The van der Waals surface area contributed by atoms with Crippen LogP contribution in [0.5, 0.6) is 0 Å². The van der Waals surface area contributed by atoms with Gasteiger partial charge in [0.1, 0.15) is 10.1 Å². The molecule has 0 N–H and O–H groups in total. The molecule has 1 atom stereocenters. The van der Waals surface area contributed by atoms with Crippen LogP contribution in [0.25, 0.3) is 10.8 Å². The molecule has 0 bridgehead atoms. The molecule has 1 aromatic heterocycles. The largest absolute Gasteiger partial charge is 1.00 e. The Kier molecular flexibility index (Phi) is 4.13. The number of hydrogen-bond acceptors (Lipinski definition) is 6. The van der Waals surface area contributed by atoms with Gasteiger partial charge in [0, 0.05) is 10.6 Å². The average molecular weight is 432 g/mol. The maximum Gasteiger partial charge on any atom is 0.409 e. The number of rotatable bonds is 1. The zero-order valence-corrected chi connectivity index (χ0v) is 16.8. The minimum Gasteiger partial charge on any atom is -1.00 e. The predicted molar refractivity (Wildman–Crippen MR) is 98.8 cm³/mol. The molecule has 126 valence electrons. The summed E-state index contributed by atoms with van der Waals surface area (Å²) in [7, 11) is 0. The molecule has 2 aliphatic heterocycles. The lowest BCUT2D eigenvalue weighted by molar-refractivity contribution is -0.770. The van der Waals surface area contributed by atoms with Gasteiger partial charge in [0.25, 0.3) is 0 Å². The summed E-state index contributed by atoms with van der Waals surface area (Å²) >= 11 is 3.24. The summed E-state index contributed by atoms with van der Waals surface area (Å²) in [5.74, 6) is 0. The number of nitrogens with zero attached hydrogens (tertiary/aromatic N) is 5. The van der Waals surface area contributed by atoms with E-state index >= 15 is 0 Å². The topological polar surface area (TPSA) is 44.7 Å². The Labute approximate surface area is 163 Å². The molecule has 2 aromatic carbocycles. The zero-order valence-electron chi connectivity index (χ0n) is 13.5. The smallest absolute Gasteiger partial charge is 0.409 e. The van der Waals surface area contributed by atoms with Gasteiger partial charge >= 0.3 is 10.3 Å². The first kappa shape index (κ1) is 16.7. The van der Waals surface area contributed by atoms with Gasteiger partial charge in [-0.2, -0.15) is 10.1 Å². The van der Waals surface area contributed by atoms with E-state index in [-0.39, 0.29) is 23.1 Å². The molecule has 3 heterocycles. The Morgan fingerprint density at radius 3 is 2.76 bits per heavy atom. The quantitative estimate of drug-likeness (QED) is 0.536. The van der Waals surface area contributed by atoms with E-state index in [0.717, 1.165) is 20.4 Å². The number of halogens is 1. The highest BCUT2D eigenvalue weighted by Crippen LogP contribution is 2.38. The summed E-state index contributed by atoms with van der Waals surface area (Å²) in [6.07, 6.45) is -0.103. The van der Waals surface area contributed by atoms with E-state index < -0.39 is 0 Å². The van der Waals surface area contributed by atoms with Crippen molar-refractivity contribution in [3.8, 4) is 0 Å². The van der Waals surface area contributed by atoms with Crippen LogP contribution in [0, 0.1) is 6.92 Å². The van der Waals surface area contributed by atoms with Gasteiger partial charge in [0.05, 0.1) is 0 Å². The van der Waals surface area contributed by atoms with Crippen LogP contribution in [0.2, 0.25) is 0 Å². The van der Waals surface area contributed by atoms with E-state index in [4.69, 9.17) is 15.2 Å². The van der Waals surface area contributed by atoms with Crippen LogP contribution in [0.3, 0.4) is 0 Å². The summed E-state index contributed by atoms with van der Waals surface area (Å²) in [5, 5.41) is 17.7. The molecule has 5 nitrogen and oxygen atoms in total. The summed E-state index contributed by atoms with van der Waals surface area (Å²) in [5.41, 5.74) is 1.19. The van der Waals surface area contributed by atoms with Crippen LogP contribution >= 0.6 is 23.1 Å². The van der Waals surface area contributed by atoms with E-state index in [9.17, 15) is 0 Å². The van der Waals surface area contributed by atoms with E-state index in [1.54, 1.807) is 23.1 Å². The summed E-state index contributed by atoms with van der Waals surface area (Å²) in [6, 6.07) is 14.9. The second kappa shape index (κ2) is 6.19. The van der Waals surface area contributed by atoms with Crippen molar-refractivity contribution in [2.24, 2.45) is 10.1 Å². The fourth-order valence-corrected chi connectivity index (χ4v) is 4.76. The Hall–Kier alpha value is -1.77. The van der Waals surface area contributed by atoms with Crippen LogP contribution in [0.15, 0.2) is 52.6 Å². The van der Waals surface area contributed by atoms with Crippen molar-refractivity contribution in [1.82, 2.24) is 10.1 Å². The molecular weight excluding hydrogens is 418 g/mol. The number of hydrazone groups is 1. The lowest BCUT2D eigenvalue weighted by Gasteiger charge is -2.24. The van der Waals surface area contributed by atoms with Crippen LogP contribution < -0.4 is 21.7 Å². The number of thioether (sulfide) groups is 1. The molecular formula is C17H14BrN5S2. The van der Waals surface area contributed by atoms with Crippen LogP contribution in [0.4, 0.5) is 5.13 Å². The number of fused-ring (bicyclic) bond motifs is 3. The summed E-state index contributed by atoms with van der Waals surface area (Å²) in [4.78, 5) is 4.74. The van der Waals surface area contributed by atoms with Gasteiger partial charge in [-0.25, -0.2) is 0 Å².